The molecule has 17 heavy (non-hydrogen) atoms. The largest absolute Gasteiger partial charge is 0.481 e. The number of halogens is 1. The van der Waals surface area contributed by atoms with E-state index in [2.05, 4.69) is 0 Å². The van der Waals surface area contributed by atoms with E-state index >= 15 is 0 Å². The molecule has 1 aromatic carbocycles. The van der Waals surface area contributed by atoms with E-state index in [4.69, 9.17) is 5.11 Å². The van der Waals surface area contributed by atoms with Crippen LogP contribution in [0.2, 0.25) is 0 Å². The monoisotopic (exact) mass is 241 g/mol. The summed E-state index contributed by atoms with van der Waals surface area (Å²) in [6.45, 7) is 3.06. The first kappa shape index (κ1) is 13.1. The van der Waals surface area contributed by atoms with Crippen molar-refractivity contribution in [3.8, 4) is 0 Å². The van der Waals surface area contributed by atoms with Crippen LogP contribution >= 0.6 is 0 Å². The highest BCUT2D eigenvalue weighted by atomic mass is 19.1. The summed E-state index contributed by atoms with van der Waals surface area (Å²) in [5.41, 5.74) is -1.60. The number of carboxylic acids is 1. The van der Waals surface area contributed by atoms with E-state index in [-0.39, 0.29) is 12.0 Å². The van der Waals surface area contributed by atoms with E-state index < -0.39 is 27.8 Å². The number of hydrogen-bond donors (Lipinski definition) is 1. The normalized spacial score (nSPS) is 11.2. The van der Waals surface area contributed by atoms with Crippen LogP contribution in [0.3, 0.4) is 0 Å². The van der Waals surface area contributed by atoms with Crippen molar-refractivity contribution in [1.29, 1.82) is 0 Å². The zero-order valence-corrected chi connectivity index (χ0v) is 9.44. The van der Waals surface area contributed by atoms with Gasteiger partial charge in [0, 0.05) is 17.0 Å². The molecule has 0 atom stereocenters. The Bertz CT molecular complexity index is 471. The van der Waals surface area contributed by atoms with Gasteiger partial charge in [0.25, 0.3) is 0 Å². The number of hydrogen-bond acceptors (Lipinski definition) is 3. The molecule has 5 nitrogen and oxygen atoms in total. The quantitative estimate of drug-likeness (QED) is 0.648. The van der Waals surface area contributed by atoms with Crippen molar-refractivity contribution in [2.45, 2.75) is 25.7 Å². The minimum atomic E-state index is -1.08. The fraction of sp³-hybridized carbons (Fsp3) is 0.364. The number of nitro benzene ring substituents is 1. The van der Waals surface area contributed by atoms with Gasteiger partial charge in [-0.3, -0.25) is 14.9 Å². The van der Waals surface area contributed by atoms with Crippen molar-refractivity contribution < 1.29 is 19.2 Å². The lowest BCUT2D eigenvalue weighted by Gasteiger charge is -2.23. The minimum absolute atomic E-state index is 0.0362. The van der Waals surface area contributed by atoms with Crippen molar-refractivity contribution >= 4 is 11.7 Å². The Morgan fingerprint density at radius 3 is 2.59 bits per heavy atom. The van der Waals surface area contributed by atoms with E-state index in [1.807, 2.05) is 0 Å². The van der Waals surface area contributed by atoms with Crippen molar-refractivity contribution in [1.82, 2.24) is 0 Å². The molecule has 0 saturated heterocycles. The van der Waals surface area contributed by atoms with Gasteiger partial charge < -0.3 is 5.11 Å². The van der Waals surface area contributed by atoms with E-state index in [0.717, 1.165) is 6.07 Å². The van der Waals surface area contributed by atoms with Gasteiger partial charge in [0.15, 0.2) is 0 Å². The first-order chi connectivity index (χ1) is 7.75. The molecule has 92 valence electrons. The first-order valence-corrected chi connectivity index (χ1v) is 4.91. The number of benzene rings is 1. The molecule has 1 N–H and O–H groups in total. The molecule has 0 spiro atoms. The second-order valence-corrected chi connectivity index (χ2v) is 4.35. The summed E-state index contributed by atoms with van der Waals surface area (Å²) < 4.78 is 13.8. The van der Waals surface area contributed by atoms with E-state index in [9.17, 15) is 19.3 Å². The summed E-state index contributed by atoms with van der Waals surface area (Å²) in [5.74, 6) is -2.05. The molecule has 0 saturated carbocycles. The van der Waals surface area contributed by atoms with Crippen LogP contribution < -0.4 is 0 Å². The van der Waals surface area contributed by atoms with Gasteiger partial charge in [-0.1, -0.05) is 26.0 Å². The van der Waals surface area contributed by atoms with Crippen LogP contribution in [-0.2, 0) is 10.2 Å². The number of rotatable bonds is 4. The van der Waals surface area contributed by atoms with Crippen LogP contribution in [0.5, 0.6) is 0 Å². The molecule has 0 fully saturated rings. The minimum Gasteiger partial charge on any atom is -0.481 e. The highest BCUT2D eigenvalue weighted by Gasteiger charge is 2.30. The first-order valence-electron chi connectivity index (χ1n) is 4.91. The predicted molar refractivity (Wildman–Crippen MR) is 58.3 cm³/mol. The Balaban J connectivity index is 3.27. The third-order valence-corrected chi connectivity index (χ3v) is 2.50. The lowest BCUT2D eigenvalue weighted by Crippen LogP contribution is -2.23. The molecule has 0 aliphatic carbocycles. The average molecular weight is 241 g/mol. The molecule has 6 heteroatoms. The highest BCUT2D eigenvalue weighted by molar-refractivity contribution is 5.69. The van der Waals surface area contributed by atoms with Gasteiger partial charge in [-0.25, -0.2) is 0 Å². The molecule has 1 rings (SSSR count). The summed E-state index contributed by atoms with van der Waals surface area (Å²) in [6.07, 6.45) is -0.301. The number of carbonyl (C=O) groups is 1. The maximum atomic E-state index is 13.8. The smallest absolute Gasteiger partial charge is 0.305 e. The third kappa shape index (κ3) is 2.77. The molecule has 0 aliphatic rings. The molecule has 0 heterocycles. The molecule has 0 unspecified atom stereocenters. The number of carboxylic acid groups (broad SMARTS) is 1. The van der Waals surface area contributed by atoms with E-state index in [0.29, 0.717) is 0 Å². The van der Waals surface area contributed by atoms with Crippen LogP contribution in [0, 0.1) is 15.9 Å². The highest BCUT2D eigenvalue weighted by Crippen LogP contribution is 2.32. The van der Waals surface area contributed by atoms with Crippen molar-refractivity contribution in [2.75, 3.05) is 0 Å². The molecule has 1 aromatic rings. The molecule has 0 radical (unpaired) electrons. The molecular weight excluding hydrogens is 229 g/mol. The SMILES string of the molecule is CC(C)(CC(=O)O)c1cccc([N+](=O)[O-])c1F. The maximum Gasteiger partial charge on any atom is 0.305 e. The van der Waals surface area contributed by atoms with Gasteiger partial charge in [0.1, 0.15) is 0 Å². The summed E-state index contributed by atoms with van der Waals surface area (Å²) in [5, 5.41) is 19.3. The number of aliphatic carboxylic acids is 1. The lowest BCUT2D eigenvalue weighted by molar-refractivity contribution is -0.387. The summed E-state index contributed by atoms with van der Waals surface area (Å²) in [4.78, 5) is 20.4. The zero-order valence-electron chi connectivity index (χ0n) is 9.44. The predicted octanol–water partition coefficient (Wildman–Crippen LogP) is 2.49. The van der Waals surface area contributed by atoms with Gasteiger partial charge >= 0.3 is 11.7 Å². The van der Waals surface area contributed by atoms with Crippen LogP contribution in [0.25, 0.3) is 0 Å². The van der Waals surface area contributed by atoms with Gasteiger partial charge in [0.05, 0.1) is 11.3 Å². The Morgan fingerprint density at radius 2 is 2.12 bits per heavy atom. The standard InChI is InChI=1S/C11H12FNO4/c1-11(2,6-9(14)15)7-4-3-5-8(10(7)12)13(16)17/h3-5H,6H2,1-2H3,(H,14,15). The van der Waals surface area contributed by atoms with Crippen LogP contribution in [0.1, 0.15) is 25.8 Å². The molecule has 0 aliphatic heterocycles. The van der Waals surface area contributed by atoms with Crippen molar-refractivity contribution in [2.24, 2.45) is 0 Å². The van der Waals surface area contributed by atoms with Gasteiger partial charge in [-0.05, 0) is 0 Å². The van der Waals surface area contributed by atoms with Crippen LogP contribution in [0.4, 0.5) is 10.1 Å². The summed E-state index contributed by atoms with van der Waals surface area (Å²) >= 11 is 0. The fourth-order valence-corrected chi connectivity index (χ4v) is 1.66. The Morgan fingerprint density at radius 1 is 1.53 bits per heavy atom. The lowest BCUT2D eigenvalue weighted by atomic mass is 9.81. The average Bonchev–Trinajstić information content (AvgIpc) is 2.14. The van der Waals surface area contributed by atoms with E-state index in [1.165, 1.54) is 26.0 Å². The topological polar surface area (TPSA) is 80.4 Å². The Hall–Kier alpha value is -1.98. The van der Waals surface area contributed by atoms with E-state index in [1.54, 1.807) is 0 Å². The Labute approximate surface area is 97.0 Å². The fourth-order valence-electron chi connectivity index (χ4n) is 1.66. The second-order valence-electron chi connectivity index (χ2n) is 4.35. The maximum absolute atomic E-state index is 13.8. The molecular formula is C11H12FNO4. The molecule has 0 bridgehead atoms. The van der Waals surface area contributed by atoms with Crippen LogP contribution in [-0.4, -0.2) is 16.0 Å². The second kappa shape index (κ2) is 4.48. The molecule has 0 aromatic heterocycles. The van der Waals surface area contributed by atoms with Gasteiger partial charge in [-0.2, -0.15) is 4.39 Å². The summed E-state index contributed by atoms with van der Waals surface area (Å²) in [6, 6.07) is 3.76. The van der Waals surface area contributed by atoms with Gasteiger partial charge in [0.2, 0.25) is 5.82 Å². The number of nitro groups is 1. The van der Waals surface area contributed by atoms with Gasteiger partial charge in [-0.15, -0.1) is 0 Å². The zero-order chi connectivity index (χ0) is 13.2. The third-order valence-electron chi connectivity index (χ3n) is 2.50. The Kier molecular flexibility index (Phi) is 3.45. The van der Waals surface area contributed by atoms with Crippen molar-refractivity contribution in [3.63, 3.8) is 0 Å². The molecule has 0 amide bonds. The summed E-state index contributed by atoms with van der Waals surface area (Å²) in [7, 11) is 0. The number of nitrogens with zero attached hydrogens (tertiary/aromatic N) is 1. The van der Waals surface area contributed by atoms with Crippen molar-refractivity contribution in [3.05, 3.63) is 39.7 Å². The van der Waals surface area contributed by atoms with Crippen LogP contribution in [0.15, 0.2) is 18.2 Å².